The van der Waals surface area contributed by atoms with Crippen molar-refractivity contribution in [2.75, 3.05) is 42.3 Å². The molecule has 68 valence electrons. The third-order valence-electron chi connectivity index (χ3n) is 1.53. The smallest absolute Gasteiger partial charge is 0.125 e. The normalized spacial score (nSPS) is 13.6. The number of hydrogen-bond acceptors (Lipinski definition) is 3. The first-order valence-corrected chi connectivity index (χ1v) is 4.99. The Bertz CT molecular complexity index is 105. The van der Waals surface area contributed by atoms with Crippen LogP contribution in [0.15, 0.2) is 0 Å². The van der Waals surface area contributed by atoms with Gasteiger partial charge in [0.1, 0.15) is 0 Å². The summed E-state index contributed by atoms with van der Waals surface area (Å²) in [6.45, 7) is 0. The largest absolute Gasteiger partial charge is 0.427 e. The summed E-state index contributed by atoms with van der Waals surface area (Å²) in [5, 5.41) is 0. The summed E-state index contributed by atoms with van der Waals surface area (Å²) in [5.74, 6) is 0. The molecule has 0 rings (SSSR count). The van der Waals surface area contributed by atoms with Crippen molar-refractivity contribution in [1.29, 1.82) is 0 Å². The summed E-state index contributed by atoms with van der Waals surface area (Å²) in [6, 6.07) is 0. The van der Waals surface area contributed by atoms with Gasteiger partial charge >= 0.3 is 8.03 Å². The maximum absolute atomic E-state index is 14.0. The van der Waals surface area contributed by atoms with E-state index < -0.39 is 8.03 Å². The van der Waals surface area contributed by atoms with Crippen LogP contribution in [-0.2, 0) is 0 Å². The molecular weight excluding hydrogens is 164 g/mol. The molecule has 0 aromatic heterocycles. The molecule has 0 N–H and O–H groups in total. The number of hydrogen-bond donors (Lipinski definition) is 0. The predicted molar refractivity (Wildman–Crippen MR) is 49.1 cm³/mol. The van der Waals surface area contributed by atoms with E-state index in [1.54, 1.807) is 56.3 Å². The Balaban J connectivity index is 4.53. The quantitative estimate of drug-likeness (QED) is 0.609. The Morgan fingerprint density at radius 2 is 0.909 bits per heavy atom. The Morgan fingerprint density at radius 3 is 0.909 bits per heavy atom. The zero-order valence-corrected chi connectivity index (χ0v) is 9.06. The van der Waals surface area contributed by atoms with Crippen molar-refractivity contribution >= 4 is 8.03 Å². The maximum Gasteiger partial charge on any atom is 0.427 e. The lowest BCUT2D eigenvalue weighted by molar-refractivity contribution is 0.402. The molecule has 11 heavy (non-hydrogen) atoms. The van der Waals surface area contributed by atoms with Crippen molar-refractivity contribution in [2.24, 2.45) is 0 Å². The molecule has 0 amide bonds. The highest BCUT2D eigenvalue weighted by Gasteiger charge is 2.50. The lowest BCUT2D eigenvalue weighted by Gasteiger charge is -2.30. The van der Waals surface area contributed by atoms with Gasteiger partial charge in [-0.15, -0.1) is 14.0 Å². The first-order chi connectivity index (χ1) is 4.83. The number of halogens is 1. The highest BCUT2D eigenvalue weighted by Crippen LogP contribution is 2.64. The predicted octanol–water partition coefficient (Wildman–Crippen LogP) is 1.32. The zero-order valence-electron chi connectivity index (χ0n) is 8.17. The SMILES string of the molecule is CN(C)[P+](F)(N(C)C)N(C)C. The van der Waals surface area contributed by atoms with E-state index in [1.165, 1.54) is 0 Å². The first-order valence-electron chi connectivity index (χ1n) is 3.45. The van der Waals surface area contributed by atoms with Gasteiger partial charge in [0.25, 0.3) is 0 Å². The highest BCUT2D eigenvalue weighted by atomic mass is 31.2. The average Bonchev–Trinajstić information content (AvgIpc) is 1.84. The van der Waals surface area contributed by atoms with Crippen LogP contribution in [0.25, 0.3) is 0 Å². The second-order valence-corrected chi connectivity index (χ2v) is 6.43. The lowest BCUT2D eigenvalue weighted by atomic mass is 11.2. The molecular formula is C6H18FN3P+. The summed E-state index contributed by atoms with van der Waals surface area (Å²) >= 11 is 0. The summed E-state index contributed by atoms with van der Waals surface area (Å²) < 4.78 is 18.9. The monoisotopic (exact) mass is 182 g/mol. The topological polar surface area (TPSA) is 9.72 Å². The van der Waals surface area contributed by atoms with Crippen LogP contribution in [0.3, 0.4) is 0 Å². The molecule has 0 saturated carbocycles. The molecule has 0 aromatic rings. The van der Waals surface area contributed by atoms with Crippen LogP contribution in [0.1, 0.15) is 0 Å². The van der Waals surface area contributed by atoms with Crippen molar-refractivity contribution in [3.63, 3.8) is 0 Å². The number of nitrogens with zero attached hydrogens (tertiary/aromatic N) is 3. The molecule has 0 spiro atoms. The van der Waals surface area contributed by atoms with E-state index >= 15 is 0 Å². The fourth-order valence-corrected chi connectivity index (χ4v) is 3.22. The fraction of sp³-hybridized carbons (Fsp3) is 1.00. The highest BCUT2D eigenvalue weighted by molar-refractivity contribution is 7.63. The van der Waals surface area contributed by atoms with E-state index in [4.69, 9.17) is 0 Å². The third kappa shape index (κ3) is 2.09. The summed E-state index contributed by atoms with van der Waals surface area (Å²) in [4.78, 5) is 0. The van der Waals surface area contributed by atoms with Crippen LogP contribution < -0.4 is 0 Å². The molecule has 0 fully saturated rings. The number of rotatable bonds is 3. The van der Waals surface area contributed by atoms with Gasteiger partial charge in [-0.2, -0.15) is 0 Å². The van der Waals surface area contributed by atoms with E-state index in [0.29, 0.717) is 0 Å². The zero-order chi connectivity index (χ0) is 9.23. The molecule has 0 bridgehead atoms. The molecule has 0 aromatic carbocycles. The first kappa shape index (κ1) is 11.2. The molecule has 0 aliphatic heterocycles. The summed E-state index contributed by atoms with van der Waals surface area (Å²) in [5.41, 5.74) is 0. The standard InChI is InChI=1S/C6H18FN3P/c1-8(2)11(7,9(3)4)10(5)6/h1-6H3/q+1. The maximum atomic E-state index is 14.0. The van der Waals surface area contributed by atoms with E-state index in [-0.39, 0.29) is 0 Å². The molecule has 0 aliphatic rings. The van der Waals surface area contributed by atoms with Gasteiger partial charge in [0, 0.05) is 46.5 Å². The molecule has 0 saturated heterocycles. The van der Waals surface area contributed by atoms with Gasteiger partial charge in [-0.3, -0.25) is 0 Å². The molecule has 5 heteroatoms. The van der Waals surface area contributed by atoms with E-state index in [1.807, 2.05) is 0 Å². The van der Waals surface area contributed by atoms with Gasteiger partial charge in [-0.05, 0) is 0 Å². The van der Waals surface area contributed by atoms with Gasteiger partial charge in [0.2, 0.25) is 0 Å². The van der Waals surface area contributed by atoms with Gasteiger partial charge in [0.15, 0.2) is 0 Å². The second kappa shape index (κ2) is 3.76. The Kier molecular flexibility index (Phi) is 3.85. The van der Waals surface area contributed by atoms with Crippen LogP contribution in [0.5, 0.6) is 0 Å². The molecule has 3 nitrogen and oxygen atoms in total. The average molecular weight is 182 g/mol. The molecule has 0 heterocycles. The third-order valence-corrected chi connectivity index (χ3v) is 4.58. The van der Waals surface area contributed by atoms with Crippen molar-refractivity contribution in [1.82, 2.24) is 14.0 Å². The van der Waals surface area contributed by atoms with Crippen LogP contribution in [0.2, 0.25) is 0 Å². The summed E-state index contributed by atoms with van der Waals surface area (Å²) in [6.07, 6.45) is 0. The molecule has 0 aliphatic carbocycles. The van der Waals surface area contributed by atoms with Gasteiger partial charge in [-0.25, -0.2) is 0 Å². The van der Waals surface area contributed by atoms with Crippen LogP contribution >= 0.6 is 8.03 Å². The molecule has 0 unspecified atom stereocenters. The van der Waals surface area contributed by atoms with Gasteiger partial charge in [-0.1, -0.05) is 0 Å². The van der Waals surface area contributed by atoms with Crippen molar-refractivity contribution in [3.05, 3.63) is 0 Å². The minimum Gasteiger partial charge on any atom is -0.125 e. The van der Waals surface area contributed by atoms with Crippen LogP contribution in [0.4, 0.5) is 4.20 Å². The van der Waals surface area contributed by atoms with Gasteiger partial charge in [0.05, 0.1) is 0 Å². The minimum atomic E-state index is -2.69. The van der Waals surface area contributed by atoms with E-state index in [0.717, 1.165) is 0 Å². The van der Waals surface area contributed by atoms with Crippen LogP contribution in [-0.4, -0.2) is 56.3 Å². The Labute approximate surface area is 69.4 Å². The van der Waals surface area contributed by atoms with Crippen molar-refractivity contribution in [3.8, 4) is 0 Å². The Morgan fingerprint density at radius 1 is 0.727 bits per heavy atom. The second-order valence-electron chi connectivity index (χ2n) is 3.04. The fourth-order valence-electron chi connectivity index (χ4n) is 1.07. The van der Waals surface area contributed by atoms with E-state index in [2.05, 4.69) is 0 Å². The Hall–Kier alpha value is 0.240. The van der Waals surface area contributed by atoms with Gasteiger partial charge < -0.3 is 0 Å². The van der Waals surface area contributed by atoms with Crippen molar-refractivity contribution < 1.29 is 4.20 Å². The van der Waals surface area contributed by atoms with Crippen molar-refractivity contribution in [2.45, 2.75) is 0 Å². The summed E-state index contributed by atoms with van der Waals surface area (Å²) in [7, 11) is 7.86. The molecule has 0 radical (unpaired) electrons. The van der Waals surface area contributed by atoms with Crippen LogP contribution in [0, 0.1) is 0 Å². The molecule has 0 atom stereocenters. The lowest BCUT2D eigenvalue weighted by Crippen LogP contribution is -2.32. The van der Waals surface area contributed by atoms with E-state index in [9.17, 15) is 4.20 Å². The minimum absolute atomic E-state index is 1.63.